The number of amides is 2. The van der Waals surface area contributed by atoms with Crippen LogP contribution in [-0.2, 0) is 9.59 Å². The minimum atomic E-state index is -2.12. The third-order valence-electron chi connectivity index (χ3n) is 3.75. The first-order valence-corrected chi connectivity index (χ1v) is 10.3. The Bertz CT molecular complexity index is 879. The summed E-state index contributed by atoms with van der Waals surface area (Å²) in [5.74, 6) is -0.978. The molecule has 0 bridgehead atoms. The minimum Gasteiger partial charge on any atom is -0.495 e. The van der Waals surface area contributed by atoms with Crippen molar-refractivity contribution in [1.29, 1.82) is 0 Å². The lowest BCUT2D eigenvalue weighted by molar-refractivity contribution is -0.116. The molecule has 2 rings (SSSR count). The van der Waals surface area contributed by atoms with Gasteiger partial charge in [0.25, 0.3) is 19.4 Å². The lowest BCUT2D eigenvalue weighted by Gasteiger charge is -2.17. The van der Waals surface area contributed by atoms with Crippen molar-refractivity contribution in [2.24, 2.45) is 0 Å². The summed E-state index contributed by atoms with van der Waals surface area (Å²) in [5.41, 5.74) is 2.07. The molecule has 2 N–H and O–H groups in total. The van der Waals surface area contributed by atoms with Crippen LogP contribution in [0.1, 0.15) is 0 Å². The Morgan fingerprint density at radius 1 is 0.700 bits per heavy atom. The molecule has 0 aromatic heterocycles. The Morgan fingerprint density at radius 3 is 1.30 bits per heavy atom. The van der Waals surface area contributed by atoms with Gasteiger partial charge in [-0.05, 0) is 35.4 Å². The zero-order valence-corrected chi connectivity index (χ0v) is 19.9. The number of ether oxygens (including phenoxy) is 2. The SMILES string of the molecule is COc1cc(-c2ccc(NC(=O)C(Cl)(Cl)Cl)c(OC)c2)ccc1NC(=O)C(Cl)(Cl)Cl. The fourth-order valence-electron chi connectivity index (χ4n) is 2.33. The van der Waals surface area contributed by atoms with Gasteiger partial charge in [-0.1, -0.05) is 81.7 Å². The number of carbonyl (C=O) groups excluding carboxylic acids is 2. The fourth-order valence-corrected chi connectivity index (χ4v) is 2.62. The van der Waals surface area contributed by atoms with Crippen molar-refractivity contribution < 1.29 is 19.1 Å². The fraction of sp³-hybridized carbons (Fsp3) is 0.222. The largest absolute Gasteiger partial charge is 0.495 e. The van der Waals surface area contributed by atoms with E-state index < -0.39 is 19.4 Å². The Kier molecular flexibility index (Phi) is 8.24. The maximum absolute atomic E-state index is 11.9. The summed E-state index contributed by atoms with van der Waals surface area (Å²) >= 11 is 33.5. The maximum atomic E-state index is 11.9. The van der Waals surface area contributed by atoms with E-state index in [1.807, 2.05) is 0 Å². The summed E-state index contributed by atoms with van der Waals surface area (Å²) in [4.78, 5) is 23.8. The van der Waals surface area contributed by atoms with Gasteiger partial charge in [-0.15, -0.1) is 0 Å². The Labute approximate surface area is 202 Å². The average molecular weight is 535 g/mol. The quantitative estimate of drug-likeness (QED) is 0.462. The van der Waals surface area contributed by atoms with E-state index in [9.17, 15) is 9.59 Å². The molecule has 0 aliphatic heterocycles. The van der Waals surface area contributed by atoms with E-state index in [0.29, 0.717) is 22.9 Å². The molecule has 0 atom stereocenters. The van der Waals surface area contributed by atoms with Gasteiger partial charge in [-0.25, -0.2) is 0 Å². The van der Waals surface area contributed by atoms with Crippen molar-refractivity contribution in [3.05, 3.63) is 36.4 Å². The normalized spacial score (nSPS) is 11.6. The number of alkyl halides is 6. The highest BCUT2D eigenvalue weighted by Gasteiger charge is 2.32. The summed E-state index contributed by atoms with van der Waals surface area (Å²) < 4.78 is 6.39. The number of hydrogen-bond donors (Lipinski definition) is 2. The summed E-state index contributed by atoms with van der Waals surface area (Å²) in [5, 5.41) is 4.96. The molecule has 0 saturated carbocycles. The van der Waals surface area contributed by atoms with Crippen LogP contribution >= 0.6 is 69.6 Å². The number of halogens is 6. The molecule has 0 saturated heterocycles. The zero-order valence-electron chi connectivity index (χ0n) is 15.4. The predicted molar refractivity (Wildman–Crippen MR) is 123 cm³/mol. The second-order valence-corrected chi connectivity index (χ2v) is 10.3. The van der Waals surface area contributed by atoms with Gasteiger partial charge in [0.2, 0.25) is 0 Å². The number of nitrogens with one attached hydrogen (secondary N) is 2. The van der Waals surface area contributed by atoms with E-state index in [2.05, 4.69) is 10.6 Å². The second kappa shape index (κ2) is 9.90. The third-order valence-corrected chi connectivity index (χ3v) is 4.78. The van der Waals surface area contributed by atoms with E-state index in [1.165, 1.54) is 14.2 Å². The molecule has 2 aromatic rings. The third kappa shape index (κ3) is 6.36. The number of benzene rings is 2. The molecule has 0 fully saturated rings. The van der Waals surface area contributed by atoms with Crippen molar-refractivity contribution in [1.82, 2.24) is 0 Å². The van der Waals surface area contributed by atoms with Gasteiger partial charge in [0, 0.05) is 0 Å². The summed E-state index contributed by atoms with van der Waals surface area (Å²) in [7, 11) is 2.86. The Morgan fingerprint density at radius 2 is 1.03 bits per heavy atom. The number of anilines is 2. The monoisotopic (exact) mass is 532 g/mol. The molecule has 2 amide bonds. The lowest BCUT2D eigenvalue weighted by atomic mass is 10.0. The van der Waals surface area contributed by atoms with Crippen LogP contribution in [0.3, 0.4) is 0 Å². The molecule has 162 valence electrons. The highest BCUT2D eigenvalue weighted by atomic mass is 35.6. The molecule has 30 heavy (non-hydrogen) atoms. The van der Waals surface area contributed by atoms with Crippen LogP contribution in [0.4, 0.5) is 11.4 Å². The van der Waals surface area contributed by atoms with Crippen LogP contribution in [-0.4, -0.2) is 33.6 Å². The maximum Gasteiger partial charge on any atom is 0.276 e. The number of rotatable bonds is 5. The highest BCUT2D eigenvalue weighted by molar-refractivity contribution is 6.77. The van der Waals surface area contributed by atoms with Crippen molar-refractivity contribution in [3.63, 3.8) is 0 Å². The first-order chi connectivity index (χ1) is 13.9. The van der Waals surface area contributed by atoms with Crippen LogP contribution in [0.5, 0.6) is 11.5 Å². The van der Waals surface area contributed by atoms with E-state index >= 15 is 0 Å². The Balaban J connectivity index is 2.35. The molecule has 0 heterocycles. The molecular weight excluding hydrogens is 521 g/mol. The smallest absolute Gasteiger partial charge is 0.276 e. The molecule has 0 aliphatic rings. The second-order valence-electron chi connectivity index (χ2n) is 5.73. The number of carbonyl (C=O) groups is 2. The Hall–Kier alpha value is -1.28. The molecule has 12 heteroatoms. The van der Waals surface area contributed by atoms with Crippen LogP contribution in [0.2, 0.25) is 0 Å². The first-order valence-electron chi connectivity index (χ1n) is 7.99. The van der Waals surface area contributed by atoms with E-state index in [1.54, 1.807) is 36.4 Å². The molecule has 6 nitrogen and oxygen atoms in total. The van der Waals surface area contributed by atoms with Gasteiger partial charge in [-0.3, -0.25) is 9.59 Å². The lowest BCUT2D eigenvalue weighted by Crippen LogP contribution is -2.27. The van der Waals surface area contributed by atoms with Gasteiger partial charge < -0.3 is 20.1 Å². The van der Waals surface area contributed by atoms with Crippen LogP contribution < -0.4 is 20.1 Å². The summed E-state index contributed by atoms with van der Waals surface area (Å²) in [6.07, 6.45) is 0. The molecule has 2 aromatic carbocycles. The van der Waals surface area contributed by atoms with Crippen LogP contribution in [0.25, 0.3) is 11.1 Å². The summed E-state index contributed by atoms with van der Waals surface area (Å²) in [6, 6.07) is 9.95. The van der Waals surface area contributed by atoms with Gasteiger partial charge >= 0.3 is 0 Å². The van der Waals surface area contributed by atoms with Crippen molar-refractivity contribution in [2.45, 2.75) is 7.59 Å². The summed E-state index contributed by atoms with van der Waals surface area (Å²) in [6.45, 7) is 0. The highest BCUT2D eigenvalue weighted by Crippen LogP contribution is 2.37. The van der Waals surface area contributed by atoms with Crippen molar-refractivity contribution in [2.75, 3.05) is 24.9 Å². The van der Waals surface area contributed by atoms with E-state index in [4.69, 9.17) is 79.1 Å². The van der Waals surface area contributed by atoms with Crippen LogP contribution in [0.15, 0.2) is 36.4 Å². The zero-order chi connectivity index (χ0) is 22.7. The van der Waals surface area contributed by atoms with Gasteiger partial charge in [0.15, 0.2) is 0 Å². The van der Waals surface area contributed by atoms with E-state index in [0.717, 1.165) is 11.1 Å². The standard InChI is InChI=1S/C18H14Cl6N2O4/c1-29-13-7-9(3-5-11(13)25-15(27)17(19,20)21)10-4-6-12(14(8-10)30-2)26-16(28)18(22,23)24/h3-8H,1-2H3,(H,25,27)(H,26,28). The minimum absolute atomic E-state index is 0.316. The predicted octanol–water partition coefficient (Wildman–Crippen LogP) is 5.99. The topological polar surface area (TPSA) is 76.7 Å². The van der Waals surface area contributed by atoms with Crippen molar-refractivity contribution in [3.8, 4) is 22.6 Å². The first kappa shape index (κ1) is 25.0. The van der Waals surface area contributed by atoms with Gasteiger partial charge in [0.05, 0.1) is 25.6 Å². The molecule has 0 radical (unpaired) electrons. The van der Waals surface area contributed by atoms with Gasteiger partial charge in [0.1, 0.15) is 11.5 Å². The van der Waals surface area contributed by atoms with Crippen molar-refractivity contribution >= 4 is 92.8 Å². The number of hydrogen-bond acceptors (Lipinski definition) is 4. The van der Waals surface area contributed by atoms with Gasteiger partial charge in [-0.2, -0.15) is 0 Å². The molecule has 0 spiro atoms. The molecule has 0 unspecified atom stereocenters. The van der Waals surface area contributed by atoms with E-state index in [-0.39, 0.29) is 0 Å². The molecular formula is C18H14Cl6N2O4. The average Bonchev–Trinajstić information content (AvgIpc) is 2.67. The molecule has 0 aliphatic carbocycles. The van der Waals surface area contributed by atoms with Crippen LogP contribution in [0, 0.1) is 0 Å². The number of methoxy groups -OCH3 is 2.